The molecule has 1 aliphatic carbocycles. The highest BCUT2D eigenvalue weighted by Crippen LogP contribution is 2.30. The van der Waals surface area contributed by atoms with Gasteiger partial charge in [0.1, 0.15) is 0 Å². The van der Waals surface area contributed by atoms with Crippen LogP contribution in [0.2, 0.25) is 0 Å². The molecule has 0 bridgehead atoms. The first-order chi connectivity index (χ1) is 10.2. The fourth-order valence-electron chi connectivity index (χ4n) is 3.26. The smallest absolute Gasteiger partial charge is 0.0957 e. The largest absolute Gasteiger partial charge is 0.326 e. The molecule has 0 radical (unpaired) electrons. The van der Waals surface area contributed by atoms with Gasteiger partial charge in [0.05, 0.1) is 18.1 Å². The Bertz CT molecular complexity index is 620. The molecule has 1 aromatic heterocycles. The lowest BCUT2D eigenvalue weighted by molar-refractivity contribution is 0.442. The van der Waals surface area contributed by atoms with E-state index in [1.54, 1.807) is 0 Å². The van der Waals surface area contributed by atoms with Gasteiger partial charge in [-0.15, -0.1) is 0 Å². The predicted octanol–water partition coefficient (Wildman–Crippen LogP) is 3.85. The second-order valence-corrected chi connectivity index (χ2v) is 6.74. The van der Waals surface area contributed by atoms with E-state index in [9.17, 15) is 0 Å². The molecule has 0 fully saturated rings. The minimum Gasteiger partial charge on any atom is -0.326 e. The fourth-order valence-corrected chi connectivity index (χ4v) is 3.68. The van der Waals surface area contributed by atoms with Crippen LogP contribution in [0.1, 0.15) is 49.2 Å². The van der Waals surface area contributed by atoms with Gasteiger partial charge in [-0.2, -0.15) is 0 Å². The van der Waals surface area contributed by atoms with Crippen LogP contribution in [0.15, 0.2) is 35.1 Å². The van der Waals surface area contributed by atoms with E-state index in [-0.39, 0.29) is 12.1 Å². The van der Waals surface area contributed by atoms with Gasteiger partial charge in [-0.05, 0) is 49.8 Å². The number of aryl methyl sites for hydroxylation is 1. The van der Waals surface area contributed by atoms with E-state index in [1.165, 1.54) is 29.8 Å². The van der Waals surface area contributed by atoms with Crippen LogP contribution >= 0.6 is 15.9 Å². The zero-order valence-electron chi connectivity index (χ0n) is 12.4. The van der Waals surface area contributed by atoms with Gasteiger partial charge < -0.3 is 10.3 Å². The number of hydrogen-bond acceptors (Lipinski definition) is 2. The summed E-state index contributed by atoms with van der Waals surface area (Å²) in [7, 11) is 0. The zero-order chi connectivity index (χ0) is 14.8. The van der Waals surface area contributed by atoms with Crippen LogP contribution in [-0.2, 0) is 12.8 Å². The maximum Gasteiger partial charge on any atom is 0.0957 e. The van der Waals surface area contributed by atoms with Crippen LogP contribution in [0.3, 0.4) is 0 Å². The van der Waals surface area contributed by atoms with Gasteiger partial charge in [0.2, 0.25) is 0 Å². The third-order valence-corrected chi connectivity index (χ3v) is 4.92. The molecule has 0 saturated heterocycles. The van der Waals surface area contributed by atoms with Crippen molar-refractivity contribution in [2.24, 2.45) is 5.73 Å². The molecule has 1 aromatic carbocycles. The third-order valence-electron chi connectivity index (χ3n) is 4.43. The van der Waals surface area contributed by atoms with Crippen molar-refractivity contribution in [1.82, 2.24) is 9.55 Å². The lowest BCUT2D eigenvalue weighted by Crippen LogP contribution is -2.33. The summed E-state index contributed by atoms with van der Waals surface area (Å²) in [5, 5.41) is 0. The molecular formula is C17H22BrN3. The molecule has 2 unspecified atom stereocenters. The minimum absolute atomic E-state index is 0.0968. The Morgan fingerprint density at radius 3 is 2.90 bits per heavy atom. The van der Waals surface area contributed by atoms with Gasteiger partial charge >= 0.3 is 0 Å². The Morgan fingerprint density at radius 1 is 1.33 bits per heavy atom. The first-order valence-corrected chi connectivity index (χ1v) is 8.55. The second-order valence-electron chi connectivity index (χ2n) is 5.82. The van der Waals surface area contributed by atoms with Gasteiger partial charge in [0.25, 0.3) is 0 Å². The lowest BCUT2D eigenvalue weighted by Gasteiger charge is -2.28. The van der Waals surface area contributed by atoms with Gasteiger partial charge in [0.15, 0.2) is 0 Å². The standard InChI is InChI=1S/C17H22BrN3/c1-2-14(19)17(12-6-5-7-13(18)10-12)21-11-20-15-8-3-4-9-16(15)21/h5-7,10-11,14,17H,2-4,8-9,19H2,1H3. The molecule has 0 saturated carbocycles. The maximum atomic E-state index is 6.46. The average molecular weight is 348 g/mol. The molecule has 112 valence electrons. The SMILES string of the molecule is CCC(N)C(c1cccc(Br)c1)n1cnc2c1CCCC2. The van der Waals surface area contributed by atoms with Gasteiger partial charge in [-0.1, -0.05) is 35.0 Å². The monoisotopic (exact) mass is 347 g/mol. The van der Waals surface area contributed by atoms with Crippen molar-refractivity contribution in [3.05, 3.63) is 52.0 Å². The Morgan fingerprint density at radius 2 is 2.14 bits per heavy atom. The summed E-state index contributed by atoms with van der Waals surface area (Å²) < 4.78 is 3.42. The molecule has 0 amide bonds. The molecule has 1 heterocycles. The van der Waals surface area contributed by atoms with Crippen LogP contribution in [0.4, 0.5) is 0 Å². The van der Waals surface area contributed by atoms with Gasteiger partial charge in [-0.3, -0.25) is 0 Å². The lowest BCUT2D eigenvalue weighted by atomic mass is 9.95. The molecule has 4 heteroatoms. The van der Waals surface area contributed by atoms with E-state index < -0.39 is 0 Å². The Kier molecular flexibility index (Phi) is 4.45. The summed E-state index contributed by atoms with van der Waals surface area (Å²) in [5.74, 6) is 0. The molecule has 0 spiro atoms. The molecule has 1 aliphatic rings. The van der Waals surface area contributed by atoms with E-state index in [1.807, 2.05) is 6.33 Å². The van der Waals surface area contributed by atoms with E-state index in [0.717, 1.165) is 23.7 Å². The van der Waals surface area contributed by atoms with E-state index >= 15 is 0 Å². The van der Waals surface area contributed by atoms with Crippen LogP contribution in [0, 0.1) is 0 Å². The number of nitrogens with zero attached hydrogens (tertiary/aromatic N) is 2. The normalized spacial score (nSPS) is 17.3. The Balaban J connectivity index is 2.06. The molecular weight excluding hydrogens is 326 g/mol. The number of imidazole rings is 1. The van der Waals surface area contributed by atoms with E-state index in [2.05, 4.69) is 56.7 Å². The van der Waals surface area contributed by atoms with Crippen molar-refractivity contribution in [2.45, 2.75) is 51.1 Å². The number of benzene rings is 1. The summed E-state index contributed by atoms with van der Waals surface area (Å²) in [6.45, 7) is 2.15. The highest BCUT2D eigenvalue weighted by molar-refractivity contribution is 9.10. The summed E-state index contributed by atoms with van der Waals surface area (Å²) in [4.78, 5) is 4.64. The summed E-state index contributed by atoms with van der Waals surface area (Å²) in [6.07, 6.45) is 7.68. The van der Waals surface area contributed by atoms with Crippen LogP contribution in [-0.4, -0.2) is 15.6 Å². The average Bonchev–Trinajstić information content (AvgIpc) is 2.91. The van der Waals surface area contributed by atoms with Crippen molar-refractivity contribution < 1.29 is 0 Å². The molecule has 2 atom stereocenters. The summed E-state index contributed by atoms with van der Waals surface area (Å²) in [6, 6.07) is 8.75. The number of hydrogen-bond donors (Lipinski definition) is 1. The van der Waals surface area contributed by atoms with E-state index in [4.69, 9.17) is 5.73 Å². The topological polar surface area (TPSA) is 43.8 Å². The number of halogens is 1. The maximum absolute atomic E-state index is 6.46. The number of rotatable bonds is 4. The predicted molar refractivity (Wildman–Crippen MR) is 89.4 cm³/mol. The zero-order valence-corrected chi connectivity index (χ0v) is 14.0. The minimum atomic E-state index is 0.0968. The second kappa shape index (κ2) is 6.32. The molecule has 21 heavy (non-hydrogen) atoms. The Labute approximate surface area is 134 Å². The van der Waals surface area contributed by atoms with Gasteiger partial charge in [0, 0.05) is 16.2 Å². The summed E-state index contributed by atoms with van der Waals surface area (Å²) in [5.41, 5.74) is 10.4. The number of nitrogens with two attached hydrogens (primary N) is 1. The van der Waals surface area contributed by atoms with Crippen molar-refractivity contribution >= 4 is 15.9 Å². The van der Waals surface area contributed by atoms with Gasteiger partial charge in [-0.25, -0.2) is 4.98 Å². The van der Waals surface area contributed by atoms with E-state index in [0.29, 0.717) is 0 Å². The fraction of sp³-hybridized carbons (Fsp3) is 0.471. The van der Waals surface area contributed by atoms with Crippen LogP contribution < -0.4 is 5.73 Å². The third kappa shape index (κ3) is 2.92. The van der Waals surface area contributed by atoms with Crippen molar-refractivity contribution in [1.29, 1.82) is 0 Å². The quantitative estimate of drug-likeness (QED) is 0.912. The molecule has 3 rings (SSSR count). The Hall–Kier alpha value is -1.13. The molecule has 2 aromatic rings. The first kappa shape index (κ1) is 14.8. The highest BCUT2D eigenvalue weighted by Gasteiger charge is 2.25. The molecule has 2 N–H and O–H groups in total. The van der Waals surface area contributed by atoms with Crippen molar-refractivity contribution in [3.8, 4) is 0 Å². The highest BCUT2D eigenvalue weighted by atomic mass is 79.9. The number of aromatic nitrogens is 2. The van der Waals surface area contributed by atoms with Crippen LogP contribution in [0.25, 0.3) is 0 Å². The van der Waals surface area contributed by atoms with Crippen molar-refractivity contribution in [3.63, 3.8) is 0 Å². The molecule has 0 aliphatic heterocycles. The molecule has 3 nitrogen and oxygen atoms in total. The van der Waals surface area contributed by atoms with Crippen LogP contribution in [0.5, 0.6) is 0 Å². The van der Waals surface area contributed by atoms with Crippen molar-refractivity contribution in [2.75, 3.05) is 0 Å². The first-order valence-electron chi connectivity index (χ1n) is 7.76. The number of fused-ring (bicyclic) bond motifs is 1. The summed E-state index contributed by atoms with van der Waals surface area (Å²) >= 11 is 3.57.